The van der Waals surface area contributed by atoms with Gasteiger partial charge in [-0.3, -0.25) is 9.59 Å². The number of hydrogen-bond acceptors (Lipinski definition) is 2. The number of ketones is 1. The summed E-state index contributed by atoms with van der Waals surface area (Å²) in [5.41, 5.74) is 0. The van der Waals surface area contributed by atoms with E-state index in [1.807, 2.05) is 0 Å². The van der Waals surface area contributed by atoms with E-state index in [2.05, 4.69) is 6.92 Å². The zero-order valence-corrected chi connectivity index (χ0v) is 7.25. The van der Waals surface area contributed by atoms with E-state index in [0.29, 0.717) is 12.5 Å². The third-order valence-electron chi connectivity index (χ3n) is 2.80. The van der Waals surface area contributed by atoms with Gasteiger partial charge in [-0.1, -0.05) is 6.92 Å². The van der Waals surface area contributed by atoms with Crippen LogP contribution in [-0.2, 0) is 9.59 Å². The summed E-state index contributed by atoms with van der Waals surface area (Å²) in [5.74, 6) is 1.53. The van der Waals surface area contributed by atoms with Crippen LogP contribution in [0, 0.1) is 11.8 Å². The first-order chi connectivity index (χ1) is 5.66. The summed E-state index contributed by atoms with van der Waals surface area (Å²) in [5, 5.41) is 0. The summed E-state index contributed by atoms with van der Waals surface area (Å²) in [6.07, 6.45) is 1.36. The second kappa shape index (κ2) is 2.57. The van der Waals surface area contributed by atoms with Crippen molar-refractivity contribution in [2.75, 3.05) is 13.1 Å². The lowest BCUT2D eigenvalue weighted by Crippen LogP contribution is -2.27. The molecule has 2 fully saturated rings. The van der Waals surface area contributed by atoms with Crippen molar-refractivity contribution in [3.05, 3.63) is 0 Å². The fourth-order valence-electron chi connectivity index (χ4n) is 1.74. The highest BCUT2D eigenvalue weighted by molar-refractivity contribution is 6.05. The molecule has 3 nitrogen and oxygen atoms in total. The molecule has 2 aliphatic rings. The van der Waals surface area contributed by atoms with Crippen molar-refractivity contribution in [3.63, 3.8) is 0 Å². The summed E-state index contributed by atoms with van der Waals surface area (Å²) >= 11 is 0. The minimum absolute atomic E-state index is 0.0269. The van der Waals surface area contributed by atoms with Gasteiger partial charge in [0.15, 0.2) is 5.78 Å². The van der Waals surface area contributed by atoms with E-state index < -0.39 is 0 Å². The molecule has 2 atom stereocenters. The minimum atomic E-state index is 0.0269. The number of likely N-dealkylation sites (tertiary alicyclic amines) is 1. The maximum absolute atomic E-state index is 11.2. The molecular formula is C9H13NO2. The van der Waals surface area contributed by atoms with Gasteiger partial charge in [-0.05, 0) is 18.3 Å². The first kappa shape index (κ1) is 7.77. The van der Waals surface area contributed by atoms with Crippen molar-refractivity contribution in [1.82, 2.24) is 4.90 Å². The fraction of sp³-hybridized carbons (Fsp3) is 0.778. The number of nitrogens with zero attached hydrogens (tertiary/aromatic N) is 1. The minimum Gasteiger partial charge on any atom is -0.335 e. The van der Waals surface area contributed by atoms with E-state index in [9.17, 15) is 9.59 Å². The van der Waals surface area contributed by atoms with E-state index in [-0.39, 0.29) is 18.1 Å². The average Bonchev–Trinajstić information content (AvgIpc) is 2.55. The Hall–Kier alpha value is -0.860. The number of hydrogen-bond donors (Lipinski definition) is 0. The molecule has 1 amide bonds. The molecule has 1 aliphatic heterocycles. The Morgan fingerprint density at radius 2 is 2.17 bits per heavy atom. The molecule has 12 heavy (non-hydrogen) atoms. The molecule has 0 radical (unpaired) electrons. The van der Waals surface area contributed by atoms with Gasteiger partial charge in [0.05, 0.1) is 13.0 Å². The molecule has 1 aliphatic carbocycles. The molecule has 66 valence electrons. The van der Waals surface area contributed by atoms with Gasteiger partial charge >= 0.3 is 0 Å². The van der Waals surface area contributed by atoms with Crippen LogP contribution < -0.4 is 0 Å². The summed E-state index contributed by atoms with van der Waals surface area (Å²) in [6.45, 7) is 3.36. The number of rotatable bonds is 2. The first-order valence-electron chi connectivity index (χ1n) is 4.46. The van der Waals surface area contributed by atoms with Crippen molar-refractivity contribution in [1.29, 1.82) is 0 Å². The molecule has 1 saturated carbocycles. The first-order valence-corrected chi connectivity index (χ1v) is 4.46. The third kappa shape index (κ3) is 1.36. The molecule has 1 heterocycles. The maximum Gasteiger partial charge on any atom is 0.230 e. The highest BCUT2D eigenvalue weighted by atomic mass is 16.2. The predicted octanol–water partition coefficient (Wildman–Crippen LogP) is 0.444. The molecule has 0 aromatic carbocycles. The van der Waals surface area contributed by atoms with Gasteiger partial charge in [0, 0.05) is 6.54 Å². The second-order valence-corrected chi connectivity index (χ2v) is 3.96. The number of amides is 1. The highest BCUT2D eigenvalue weighted by Crippen LogP contribution is 2.38. The Bertz CT molecular complexity index is 237. The van der Waals surface area contributed by atoms with Crippen LogP contribution in [0.25, 0.3) is 0 Å². The lowest BCUT2D eigenvalue weighted by atomic mass is 10.3. The van der Waals surface area contributed by atoms with Gasteiger partial charge < -0.3 is 4.90 Å². The fourth-order valence-corrected chi connectivity index (χ4v) is 1.74. The quantitative estimate of drug-likeness (QED) is 0.560. The van der Waals surface area contributed by atoms with E-state index in [1.54, 1.807) is 4.90 Å². The van der Waals surface area contributed by atoms with E-state index in [0.717, 1.165) is 12.5 Å². The Labute approximate surface area is 71.7 Å². The van der Waals surface area contributed by atoms with Crippen LogP contribution in [0.1, 0.15) is 19.8 Å². The zero-order chi connectivity index (χ0) is 8.72. The normalized spacial score (nSPS) is 34.6. The monoisotopic (exact) mass is 167 g/mol. The Balaban J connectivity index is 1.88. The van der Waals surface area contributed by atoms with Crippen LogP contribution in [0.5, 0.6) is 0 Å². The highest BCUT2D eigenvalue weighted by Gasteiger charge is 2.37. The predicted molar refractivity (Wildman–Crippen MR) is 43.5 cm³/mol. The third-order valence-corrected chi connectivity index (χ3v) is 2.80. The van der Waals surface area contributed by atoms with Crippen molar-refractivity contribution in [3.8, 4) is 0 Å². The van der Waals surface area contributed by atoms with Crippen LogP contribution >= 0.6 is 0 Å². The van der Waals surface area contributed by atoms with Crippen LogP contribution in [-0.4, -0.2) is 29.7 Å². The van der Waals surface area contributed by atoms with Crippen LogP contribution in [0.4, 0.5) is 0 Å². The molecule has 0 bridgehead atoms. The largest absolute Gasteiger partial charge is 0.335 e. The Morgan fingerprint density at radius 1 is 1.50 bits per heavy atom. The van der Waals surface area contributed by atoms with Gasteiger partial charge in [-0.25, -0.2) is 0 Å². The zero-order valence-electron chi connectivity index (χ0n) is 7.25. The van der Waals surface area contributed by atoms with Gasteiger partial charge in [-0.2, -0.15) is 0 Å². The van der Waals surface area contributed by atoms with E-state index in [1.165, 1.54) is 6.42 Å². The summed E-state index contributed by atoms with van der Waals surface area (Å²) in [7, 11) is 0. The molecular weight excluding hydrogens is 154 g/mol. The molecule has 0 spiro atoms. The van der Waals surface area contributed by atoms with Crippen molar-refractivity contribution in [2.24, 2.45) is 11.8 Å². The molecule has 2 unspecified atom stereocenters. The Morgan fingerprint density at radius 3 is 2.58 bits per heavy atom. The molecule has 0 aromatic rings. The van der Waals surface area contributed by atoms with Crippen molar-refractivity contribution >= 4 is 11.7 Å². The number of carbonyl (C=O) groups is 2. The van der Waals surface area contributed by atoms with Gasteiger partial charge in [0.25, 0.3) is 0 Å². The second-order valence-electron chi connectivity index (χ2n) is 3.96. The summed E-state index contributed by atoms with van der Waals surface area (Å²) in [4.78, 5) is 23.7. The summed E-state index contributed by atoms with van der Waals surface area (Å²) < 4.78 is 0. The van der Waals surface area contributed by atoms with Crippen molar-refractivity contribution in [2.45, 2.75) is 19.8 Å². The smallest absolute Gasteiger partial charge is 0.230 e. The molecule has 2 rings (SSSR count). The molecule has 0 aromatic heterocycles. The lowest BCUT2D eigenvalue weighted by Gasteiger charge is -2.13. The average molecular weight is 167 g/mol. The SMILES string of the molecule is CC1CC1CN1CC(=O)CC1=O. The molecule has 3 heteroatoms. The van der Waals surface area contributed by atoms with Crippen LogP contribution in [0.3, 0.4) is 0 Å². The maximum atomic E-state index is 11.2. The molecule has 1 saturated heterocycles. The van der Waals surface area contributed by atoms with Gasteiger partial charge in [0.2, 0.25) is 5.91 Å². The van der Waals surface area contributed by atoms with Crippen molar-refractivity contribution < 1.29 is 9.59 Å². The van der Waals surface area contributed by atoms with Crippen LogP contribution in [0.15, 0.2) is 0 Å². The Kier molecular flexibility index (Phi) is 1.67. The topological polar surface area (TPSA) is 37.4 Å². The number of carbonyl (C=O) groups excluding carboxylic acids is 2. The van der Waals surface area contributed by atoms with Crippen LogP contribution in [0.2, 0.25) is 0 Å². The van der Waals surface area contributed by atoms with E-state index in [4.69, 9.17) is 0 Å². The standard InChI is InChI=1S/C9H13NO2/c1-6-2-7(6)4-10-5-8(11)3-9(10)12/h6-7H,2-5H2,1H3. The molecule has 0 N–H and O–H groups in total. The number of Topliss-reactive ketones (excluding diaryl/α,β-unsaturated/α-hetero) is 1. The van der Waals surface area contributed by atoms with E-state index >= 15 is 0 Å². The van der Waals surface area contributed by atoms with Gasteiger partial charge in [-0.15, -0.1) is 0 Å². The van der Waals surface area contributed by atoms with Gasteiger partial charge in [0.1, 0.15) is 0 Å². The summed E-state index contributed by atoms with van der Waals surface area (Å²) in [6, 6.07) is 0. The lowest BCUT2D eigenvalue weighted by molar-refractivity contribution is -0.128.